The van der Waals surface area contributed by atoms with E-state index in [0.717, 1.165) is 0 Å². The fourth-order valence-electron chi connectivity index (χ4n) is 1.66. The number of hydrogen-bond donors (Lipinski definition) is 2. The van der Waals surface area contributed by atoms with Gasteiger partial charge in [0.25, 0.3) is 0 Å². The molecule has 0 rings (SSSR count). The van der Waals surface area contributed by atoms with Crippen LogP contribution >= 0.6 is 0 Å². The lowest BCUT2D eigenvalue weighted by Crippen LogP contribution is -2.52. The molecule has 0 radical (unpaired) electrons. The minimum atomic E-state index is -1.95. The Balaban J connectivity index is 4.94. The summed E-state index contributed by atoms with van der Waals surface area (Å²) in [5.74, 6) is 0.0120. The molecule has 0 saturated heterocycles. The average Bonchev–Trinajstić information content (AvgIpc) is 2.29. The van der Waals surface area contributed by atoms with E-state index in [0.29, 0.717) is 0 Å². The lowest BCUT2D eigenvalue weighted by molar-refractivity contribution is 0.0265. The van der Waals surface area contributed by atoms with E-state index in [1.807, 2.05) is 34.6 Å². The third-order valence-electron chi connectivity index (χ3n) is 4.23. The third-order valence-corrected chi connectivity index (χ3v) is 8.73. The lowest BCUT2D eigenvalue weighted by Gasteiger charge is -2.38. The topological polar surface area (TPSA) is 67.8 Å². The highest BCUT2D eigenvalue weighted by atomic mass is 28.4. The highest BCUT2D eigenvalue weighted by Crippen LogP contribution is 2.36. The highest BCUT2D eigenvalue weighted by molar-refractivity contribution is 6.74. The van der Waals surface area contributed by atoms with Crippen molar-refractivity contribution in [3.05, 3.63) is 0 Å². The van der Waals surface area contributed by atoms with Gasteiger partial charge in [-0.1, -0.05) is 34.6 Å². The van der Waals surface area contributed by atoms with E-state index in [-0.39, 0.29) is 17.6 Å². The number of alkyl carbamates (subject to hydrolysis) is 1. The number of rotatable bonds is 6. The number of aliphatic hydroxyl groups excluding tert-OH is 1. The van der Waals surface area contributed by atoms with Gasteiger partial charge in [0.2, 0.25) is 0 Å². The van der Waals surface area contributed by atoms with Crippen LogP contribution in [-0.4, -0.2) is 43.9 Å². The second-order valence-corrected chi connectivity index (χ2v) is 13.9. The molecule has 0 aromatic rings. The number of nitrogens with one attached hydrogen (secondary N) is 1. The van der Waals surface area contributed by atoms with Crippen LogP contribution in [0.5, 0.6) is 0 Å². The van der Waals surface area contributed by atoms with Crippen LogP contribution in [0.2, 0.25) is 18.1 Å². The first-order valence-corrected chi connectivity index (χ1v) is 11.3. The molecular formula is C17H37NO4Si. The van der Waals surface area contributed by atoms with E-state index < -0.39 is 32.2 Å². The molecule has 6 heteroatoms. The van der Waals surface area contributed by atoms with Gasteiger partial charge in [0.15, 0.2) is 8.32 Å². The number of amides is 1. The van der Waals surface area contributed by atoms with Crippen LogP contribution in [0.1, 0.15) is 55.4 Å². The monoisotopic (exact) mass is 347 g/mol. The van der Waals surface area contributed by atoms with Gasteiger partial charge in [-0.25, -0.2) is 4.79 Å². The normalized spacial score (nSPS) is 16.2. The minimum Gasteiger partial charge on any atom is -0.444 e. The maximum absolute atomic E-state index is 12.0. The summed E-state index contributed by atoms with van der Waals surface area (Å²) >= 11 is 0. The van der Waals surface area contributed by atoms with Crippen molar-refractivity contribution in [3.63, 3.8) is 0 Å². The molecule has 0 saturated carbocycles. The highest BCUT2D eigenvalue weighted by Gasteiger charge is 2.38. The van der Waals surface area contributed by atoms with Gasteiger partial charge in [-0.15, -0.1) is 0 Å². The Kier molecular flexibility index (Phi) is 7.78. The smallest absolute Gasteiger partial charge is 0.408 e. The number of aliphatic hydroxyl groups is 1. The van der Waals surface area contributed by atoms with E-state index in [1.54, 1.807) is 0 Å². The van der Waals surface area contributed by atoms with Crippen LogP contribution < -0.4 is 5.32 Å². The Hall–Kier alpha value is -0.593. The molecule has 0 bridgehead atoms. The number of hydrogen-bond acceptors (Lipinski definition) is 4. The van der Waals surface area contributed by atoms with Crippen LogP contribution in [0.3, 0.4) is 0 Å². The van der Waals surface area contributed by atoms with Gasteiger partial charge in [0, 0.05) is 0 Å². The Bertz CT molecular complexity index is 383. The molecule has 2 N–H and O–H groups in total. The van der Waals surface area contributed by atoms with Crippen molar-refractivity contribution in [2.24, 2.45) is 5.92 Å². The van der Waals surface area contributed by atoms with Gasteiger partial charge in [-0.2, -0.15) is 0 Å². The summed E-state index contributed by atoms with van der Waals surface area (Å²) in [7, 11) is -1.95. The molecule has 1 amide bonds. The first kappa shape index (κ1) is 22.4. The first-order valence-electron chi connectivity index (χ1n) is 8.38. The molecule has 0 aliphatic heterocycles. The molecule has 0 spiro atoms. The SMILES string of the molecule is CC(C)[C@@H](O)[C@@H](CO[Si](C)(C)C(C)(C)C)NC(=O)OC(C)(C)C. The van der Waals surface area contributed by atoms with Crippen molar-refractivity contribution in [3.8, 4) is 0 Å². The van der Waals surface area contributed by atoms with Gasteiger partial charge in [0.05, 0.1) is 18.8 Å². The van der Waals surface area contributed by atoms with E-state index >= 15 is 0 Å². The van der Waals surface area contributed by atoms with Crippen molar-refractivity contribution in [1.82, 2.24) is 5.32 Å². The Labute approximate surface area is 143 Å². The van der Waals surface area contributed by atoms with Crippen molar-refractivity contribution in [2.75, 3.05) is 6.61 Å². The fourth-order valence-corrected chi connectivity index (χ4v) is 2.69. The van der Waals surface area contributed by atoms with E-state index in [4.69, 9.17) is 9.16 Å². The Morgan fingerprint density at radius 3 is 1.96 bits per heavy atom. The van der Waals surface area contributed by atoms with E-state index in [1.165, 1.54) is 0 Å². The molecule has 0 aliphatic carbocycles. The van der Waals surface area contributed by atoms with Gasteiger partial charge < -0.3 is 19.6 Å². The number of ether oxygens (including phenoxy) is 1. The van der Waals surface area contributed by atoms with Crippen LogP contribution in [0.4, 0.5) is 4.79 Å². The van der Waals surface area contributed by atoms with E-state index in [2.05, 4.69) is 39.2 Å². The summed E-state index contributed by atoms with van der Waals surface area (Å²) in [4.78, 5) is 12.0. The largest absolute Gasteiger partial charge is 0.444 e. The average molecular weight is 348 g/mol. The predicted molar refractivity (Wildman–Crippen MR) is 97.2 cm³/mol. The number of carbonyl (C=O) groups excluding carboxylic acids is 1. The first-order chi connectivity index (χ1) is 10.1. The maximum Gasteiger partial charge on any atom is 0.408 e. The lowest BCUT2D eigenvalue weighted by atomic mass is 10.0. The zero-order valence-corrected chi connectivity index (χ0v) is 17.6. The summed E-state index contributed by atoms with van der Waals surface area (Å²) in [6, 6.07) is -0.487. The van der Waals surface area contributed by atoms with Crippen molar-refractivity contribution in [2.45, 2.75) is 91.3 Å². The molecule has 0 aromatic heterocycles. The van der Waals surface area contributed by atoms with Gasteiger partial charge in [0.1, 0.15) is 5.60 Å². The van der Waals surface area contributed by atoms with Crippen LogP contribution in [0, 0.1) is 5.92 Å². The molecule has 0 fully saturated rings. The Morgan fingerprint density at radius 1 is 1.13 bits per heavy atom. The van der Waals surface area contributed by atoms with Gasteiger partial charge in [-0.05, 0) is 44.8 Å². The molecular weight excluding hydrogens is 310 g/mol. The van der Waals surface area contributed by atoms with Gasteiger partial charge >= 0.3 is 6.09 Å². The maximum atomic E-state index is 12.0. The zero-order valence-electron chi connectivity index (χ0n) is 16.6. The molecule has 0 unspecified atom stereocenters. The van der Waals surface area contributed by atoms with Crippen molar-refractivity contribution >= 4 is 14.4 Å². The molecule has 23 heavy (non-hydrogen) atoms. The van der Waals surface area contributed by atoms with Crippen molar-refractivity contribution in [1.29, 1.82) is 0 Å². The molecule has 0 aliphatic rings. The summed E-state index contributed by atoms with van der Waals surface area (Å²) < 4.78 is 11.5. The standard InChI is InChI=1S/C17H37NO4Si/c1-12(2)14(19)13(18-15(20)22-16(3,4)5)11-21-23(9,10)17(6,7)8/h12-14,19H,11H2,1-10H3,(H,18,20)/t13-,14-/m1/s1. The zero-order chi connectivity index (χ0) is 18.6. The van der Waals surface area contributed by atoms with E-state index in [9.17, 15) is 9.90 Å². The number of carbonyl (C=O) groups is 1. The molecule has 2 atom stereocenters. The molecule has 138 valence electrons. The van der Waals surface area contributed by atoms with Crippen LogP contribution in [-0.2, 0) is 9.16 Å². The predicted octanol–water partition coefficient (Wildman–Crippen LogP) is 3.92. The minimum absolute atomic E-state index is 0.0120. The van der Waals surface area contributed by atoms with Gasteiger partial charge in [-0.3, -0.25) is 0 Å². The quantitative estimate of drug-likeness (QED) is 0.715. The molecule has 0 aromatic carbocycles. The van der Waals surface area contributed by atoms with Crippen molar-refractivity contribution < 1.29 is 19.1 Å². The third kappa shape index (κ3) is 8.17. The second kappa shape index (κ2) is 7.99. The Morgan fingerprint density at radius 2 is 1.61 bits per heavy atom. The fraction of sp³-hybridized carbons (Fsp3) is 0.941. The summed E-state index contributed by atoms with van der Waals surface area (Å²) in [5.41, 5.74) is -0.572. The second-order valence-electron chi connectivity index (χ2n) is 9.06. The summed E-state index contributed by atoms with van der Waals surface area (Å²) in [6.07, 6.45) is -1.21. The van der Waals surface area contributed by atoms with Crippen LogP contribution in [0.25, 0.3) is 0 Å². The summed E-state index contributed by atoms with van der Waals surface area (Å²) in [6.45, 7) is 20.3. The molecule has 0 heterocycles. The van der Waals surface area contributed by atoms with Crippen LogP contribution in [0.15, 0.2) is 0 Å². The molecule has 5 nitrogen and oxygen atoms in total. The summed E-state index contributed by atoms with van der Waals surface area (Å²) in [5, 5.41) is 13.2.